The molecule has 1 aliphatic heterocycles. The van der Waals surface area contributed by atoms with Gasteiger partial charge in [0.1, 0.15) is 5.56 Å². The second-order valence-corrected chi connectivity index (χ2v) is 7.32. The average Bonchev–Trinajstić information content (AvgIpc) is 3.07. The van der Waals surface area contributed by atoms with Crippen LogP contribution in [-0.2, 0) is 0 Å². The Hall–Kier alpha value is -3.10. The number of allylic oxidation sites excluding steroid dienone is 1. The summed E-state index contributed by atoms with van der Waals surface area (Å²) in [6.07, 6.45) is 0.0344. The van der Waals surface area contributed by atoms with E-state index in [1.165, 1.54) is 24.3 Å². The van der Waals surface area contributed by atoms with Crippen LogP contribution in [0.2, 0.25) is 0 Å². The van der Waals surface area contributed by atoms with Gasteiger partial charge in [-0.3, -0.25) is 14.9 Å². The number of rotatable bonds is 6. The number of halogens is 3. The lowest BCUT2D eigenvalue weighted by Gasteiger charge is -2.29. The number of nitrogens with zero attached hydrogens (tertiary/aromatic N) is 2. The van der Waals surface area contributed by atoms with Crippen molar-refractivity contribution in [3.05, 3.63) is 63.0 Å². The molecule has 0 saturated carbocycles. The van der Waals surface area contributed by atoms with Crippen molar-refractivity contribution in [2.45, 2.75) is 38.8 Å². The molecule has 0 amide bonds. The number of nitro benzene ring substituents is 1. The molecule has 2 heterocycles. The smallest absolute Gasteiger partial charge is 0.372 e. The van der Waals surface area contributed by atoms with Gasteiger partial charge in [0, 0.05) is 30.5 Å². The lowest BCUT2D eigenvalue weighted by atomic mass is 10.0. The zero-order valence-corrected chi connectivity index (χ0v) is 16.5. The van der Waals surface area contributed by atoms with E-state index in [1.807, 2.05) is 0 Å². The number of anilines is 1. The van der Waals surface area contributed by atoms with Gasteiger partial charge in [-0.15, -0.1) is 0 Å². The molecule has 0 spiro atoms. The SMILES string of the molecule is Cc1[nH]c(C(=O)c2cc(N3CCCCC3)ccc2[N+](=O)[O-])cc1/C=C\CC(F)(F)F. The van der Waals surface area contributed by atoms with Gasteiger partial charge in [-0.25, -0.2) is 0 Å². The standard InChI is InChI=1S/C21H22F3N3O3/c1-14-15(6-5-9-21(22,23)24)12-18(25-14)20(28)17-13-16(7-8-19(17)27(29)30)26-10-3-2-4-11-26/h5-8,12-13,25H,2-4,9-11H2,1H3/b6-5-. The monoisotopic (exact) mass is 421 g/mol. The largest absolute Gasteiger partial charge is 0.392 e. The van der Waals surface area contributed by atoms with Crippen molar-refractivity contribution in [3.63, 3.8) is 0 Å². The first kappa shape index (κ1) is 21.6. The molecule has 1 aromatic carbocycles. The van der Waals surface area contributed by atoms with Crippen LogP contribution in [-0.4, -0.2) is 35.0 Å². The molecule has 0 aliphatic carbocycles. The molecule has 1 saturated heterocycles. The van der Waals surface area contributed by atoms with E-state index in [2.05, 4.69) is 9.88 Å². The highest BCUT2D eigenvalue weighted by atomic mass is 19.4. The maximum atomic E-state index is 13.0. The van der Waals surface area contributed by atoms with Crippen LogP contribution >= 0.6 is 0 Å². The number of alkyl halides is 3. The minimum Gasteiger partial charge on any atom is -0.372 e. The Bertz CT molecular complexity index is 974. The Balaban J connectivity index is 1.91. The number of hydrogen-bond donors (Lipinski definition) is 1. The highest BCUT2D eigenvalue weighted by molar-refractivity contribution is 6.11. The van der Waals surface area contributed by atoms with E-state index < -0.39 is 23.3 Å². The number of H-pyrrole nitrogens is 1. The van der Waals surface area contributed by atoms with Gasteiger partial charge in [0.2, 0.25) is 5.78 Å². The predicted molar refractivity (Wildman–Crippen MR) is 108 cm³/mol. The van der Waals surface area contributed by atoms with Gasteiger partial charge >= 0.3 is 6.18 Å². The number of piperidine rings is 1. The van der Waals surface area contributed by atoms with Crippen LogP contribution in [0, 0.1) is 17.0 Å². The van der Waals surface area contributed by atoms with Crippen LogP contribution in [0.3, 0.4) is 0 Å². The van der Waals surface area contributed by atoms with Gasteiger partial charge in [-0.05, 0) is 49.9 Å². The zero-order chi connectivity index (χ0) is 21.9. The molecule has 1 aromatic heterocycles. The summed E-state index contributed by atoms with van der Waals surface area (Å²) < 4.78 is 37.0. The van der Waals surface area contributed by atoms with Crippen molar-refractivity contribution in [1.29, 1.82) is 0 Å². The number of carbonyl (C=O) groups excluding carboxylic acids is 1. The summed E-state index contributed by atoms with van der Waals surface area (Å²) in [5.74, 6) is -0.570. The number of aryl methyl sites for hydroxylation is 1. The number of aromatic nitrogens is 1. The van der Waals surface area contributed by atoms with Gasteiger partial charge in [0.15, 0.2) is 0 Å². The molecular formula is C21H22F3N3O3. The highest BCUT2D eigenvalue weighted by Crippen LogP contribution is 2.29. The Morgan fingerprint density at radius 3 is 2.57 bits per heavy atom. The van der Waals surface area contributed by atoms with Gasteiger partial charge in [0.25, 0.3) is 5.69 Å². The van der Waals surface area contributed by atoms with Crippen molar-refractivity contribution < 1.29 is 22.9 Å². The number of aromatic amines is 1. The summed E-state index contributed by atoms with van der Waals surface area (Å²) in [6, 6.07) is 5.92. The van der Waals surface area contributed by atoms with Crippen molar-refractivity contribution in [2.24, 2.45) is 0 Å². The third-order valence-electron chi connectivity index (χ3n) is 5.09. The molecule has 9 heteroatoms. The van der Waals surface area contributed by atoms with Crippen LogP contribution in [0.4, 0.5) is 24.5 Å². The number of ketones is 1. The van der Waals surface area contributed by atoms with Crippen LogP contribution < -0.4 is 4.90 Å². The van der Waals surface area contributed by atoms with E-state index in [4.69, 9.17) is 0 Å². The number of carbonyl (C=O) groups is 1. The molecule has 160 valence electrons. The number of benzene rings is 1. The molecular weight excluding hydrogens is 399 g/mol. The molecule has 0 unspecified atom stereocenters. The van der Waals surface area contributed by atoms with Crippen LogP contribution in [0.25, 0.3) is 6.08 Å². The molecule has 2 aromatic rings. The maximum absolute atomic E-state index is 13.0. The average molecular weight is 421 g/mol. The van der Waals surface area contributed by atoms with E-state index >= 15 is 0 Å². The summed E-state index contributed by atoms with van der Waals surface area (Å²) in [7, 11) is 0. The molecule has 0 bridgehead atoms. The minimum absolute atomic E-state index is 0.0462. The van der Waals surface area contributed by atoms with Crippen molar-refractivity contribution in [2.75, 3.05) is 18.0 Å². The summed E-state index contributed by atoms with van der Waals surface area (Å²) >= 11 is 0. The lowest BCUT2D eigenvalue weighted by molar-refractivity contribution is -0.385. The first-order valence-electron chi connectivity index (χ1n) is 9.67. The van der Waals surface area contributed by atoms with E-state index in [9.17, 15) is 28.1 Å². The fraction of sp³-hybridized carbons (Fsp3) is 0.381. The molecule has 0 radical (unpaired) electrons. The van der Waals surface area contributed by atoms with Crippen molar-refractivity contribution in [1.82, 2.24) is 4.98 Å². The number of nitrogens with one attached hydrogen (secondary N) is 1. The Kier molecular flexibility index (Phi) is 6.28. The van der Waals surface area contributed by atoms with Gasteiger partial charge in [0.05, 0.1) is 17.0 Å². The quantitative estimate of drug-likeness (QED) is 0.384. The van der Waals surface area contributed by atoms with Crippen molar-refractivity contribution >= 4 is 23.2 Å². The predicted octanol–water partition coefficient (Wildman–Crippen LogP) is 5.42. The Labute approximate surface area is 171 Å². The first-order chi connectivity index (χ1) is 14.2. The number of hydrogen-bond acceptors (Lipinski definition) is 4. The molecule has 3 rings (SSSR count). The van der Waals surface area contributed by atoms with Crippen molar-refractivity contribution in [3.8, 4) is 0 Å². The topological polar surface area (TPSA) is 79.2 Å². The van der Waals surface area contributed by atoms with Crippen LogP contribution in [0.15, 0.2) is 30.3 Å². The summed E-state index contributed by atoms with van der Waals surface area (Å²) in [5.41, 5.74) is 1.43. The molecule has 0 atom stereocenters. The van der Waals surface area contributed by atoms with E-state index in [0.29, 0.717) is 11.3 Å². The minimum atomic E-state index is -4.31. The Morgan fingerprint density at radius 1 is 1.23 bits per heavy atom. The van der Waals surface area contributed by atoms with Crippen LogP contribution in [0.5, 0.6) is 0 Å². The Morgan fingerprint density at radius 2 is 1.93 bits per heavy atom. The highest BCUT2D eigenvalue weighted by Gasteiger charge is 2.26. The second kappa shape index (κ2) is 8.73. The number of nitro groups is 1. The maximum Gasteiger partial charge on any atom is 0.392 e. The molecule has 1 N–H and O–H groups in total. The zero-order valence-electron chi connectivity index (χ0n) is 16.5. The van der Waals surface area contributed by atoms with E-state index in [-0.39, 0.29) is 16.9 Å². The first-order valence-corrected chi connectivity index (χ1v) is 9.67. The van der Waals surface area contributed by atoms with Gasteiger partial charge in [-0.2, -0.15) is 13.2 Å². The fourth-order valence-electron chi connectivity index (χ4n) is 3.55. The molecule has 6 nitrogen and oxygen atoms in total. The molecule has 1 aliphatic rings. The van der Waals surface area contributed by atoms with E-state index in [1.54, 1.807) is 13.0 Å². The molecule has 30 heavy (non-hydrogen) atoms. The summed E-state index contributed by atoms with van der Waals surface area (Å²) in [4.78, 5) is 28.8. The fourth-order valence-corrected chi connectivity index (χ4v) is 3.55. The second-order valence-electron chi connectivity index (χ2n) is 7.32. The summed E-state index contributed by atoms with van der Waals surface area (Å²) in [6.45, 7) is 3.27. The normalized spacial score (nSPS) is 15.0. The van der Waals surface area contributed by atoms with Gasteiger partial charge in [-0.1, -0.05) is 12.2 Å². The molecule has 1 fully saturated rings. The lowest BCUT2D eigenvalue weighted by Crippen LogP contribution is -2.29. The van der Waals surface area contributed by atoms with Crippen LogP contribution in [0.1, 0.15) is 53.0 Å². The third-order valence-corrected chi connectivity index (χ3v) is 5.09. The van der Waals surface area contributed by atoms with E-state index in [0.717, 1.165) is 44.1 Å². The third kappa shape index (κ3) is 5.08. The summed E-state index contributed by atoms with van der Waals surface area (Å²) in [5, 5.41) is 11.5. The van der Waals surface area contributed by atoms with Gasteiger partial charge < -0.3 is 9.88 Å².